The maximum atomic E-state index is 11.0. The van der Waals surface area contributed by atoms with Gasteiger partial charge >= 0.3 is 5.97 Å². The molecule has 1 unspecified atom stereocenters. The van der Waals surface area contributed by atoms with Crippen LogP contribution in [0.25, 0.3) is 0 Å². The van der Waals surface area contributed by atoms with E-state index in [0.717, 1.165) is 6.29 Å². The van der Waals surface area contributed by atoms with Gasteiger partial charge in [-0.3, -0.25) is 9.78 Å². The number of carbonyl (C=O) groups excluding carboxylic acids is 1. The average Bonchev–Trinajstić information content (AvgIpc) is 2.25. The number of aldehydes is 1. The number of rotatable bonds is 6. The normalized spacial score (nSPS) is 12.0. The van der Waals surface area contributed by atoms with Crippen LogP contribution in [-0.4, -0.2) is 22.3 Å². The number of carboxylic acid groups (broad SMARTS) is 1. The molecule has 0 radical (unpaired) electrons. The molecule has 1 rings (SSSR count). The Balaban J connectivity index is 2.66. The standard InChI is InChI=1S/C11H13NO3/c13-7-2-1-5-10(11(14)15)9-4-3-6-12-8-9/h3-4,6-8,10H,1-2,5H2,(H,14,15). The third-order valence-electron chi connectivity index (χ3n) is 2.20. The molecule has 1 atom stereocenters. The van der Waals surface area contributed by atoms with E-state index >= 15 is 0 Å². The van der Waals surface area contributed by atoms with Crippen LogP contribution in [0.1, 0.15) is 30.7 Å². The molecule has 1 aromatic heterocycles. The van der Waals surface area contributed by atoms with Gasteiger partial charge in [0.15, 0.2) is 0 Å². The van der Waals surface area contributed by atoms with Gasteiger partial charge in [0.1, 0.15) is 6.29 Å². The number of unbranched alkanes of at least 4 members (excludes halogenated alkanes) is 1. The predicted molar refractivity (Wildman–Crippen MR) is 54.5 cm³/mol. The van der Waals surface area contributed by atoms with Crippen LogP contribution in [-0.2, 0) is 9.59 Å². The van der Waals surface area contributed by atoms with Crippen molar-refractivity contribution in [3.05, 3.63) is 30.1 Å². The summed E-state index contributed by atoms with van der Waals surface area (Å²) in [5.41, 5.74) is 0.691. The van der Waals surface area contributed by atoms with Crippen molar-refractivity contribution in [2.45, 2.75) is 25.2 Å². The van der Waals surface area contributed by atoms with Gasteiger partial charge in [-0.15, -0.1) is 0 Å². The van der Waals surface area contributed by atoms with Crippen LogP contribution in [0.4, 0.5) is 0 Å². The average molecular weight is 207 g/mol. The van der Waals surface area contributed by atoms with Crippen LogP contribution >= 0.6 is 0 Å². The van der Waals surface area contributed by atoms with Crippen LogP contribution < -0.4 is 0 Å². The van der Waals surface area contributed by atoms with Crippen LogP contribution in [0.3, 0.4) is 0 Å². The van der Waals surface area contributed by atoms with Gasteiger partial charge in [-0.1, -0.05) is 6.07 Å². The molecule has 0 aromatic carbocycles. The van der Waals surface area contributed by atoms with Crippen LogP contribution in [0.5, 0.6) is 0 Å². The summed E-state index contributed by atoms with van der Waals surface area (Å²) in [6.45, 7) is 0. The van der Waals surface area contributed by atoms with Gasteiger partial charge in [0.2, 0.25) is 0 Å². The SMILES string of the molecule is O=CCCCC(C(=O)O)c1cccnc1. The second kappa shape index (κ2) is 5.90. The maximum Gasteiger partial charge on any atom is 0.311 e. The molecule has 15 heavy (non-hydrogen) atoms. The fraction of sp³-hybridized carbons (Fsp3) is 0.364. The molecule has 0 saturated heterocycles. The minimum absolute atomic E-state index is 0.407. The quantitative estimate of drug-likeness (QED) is 0.568. The lowest BCUT2D eigenvalue weighted by atomic mass is 9.95. The summed E-state index contributed by atoms with van der Waals surface area (Å²) in [6.07, 6.45) is 5.44. The summed E-state index contributed by atoms with van der Waals surface area (Å²) in [7, 11) is 0. The van der Waals surface area contributed by atoms with E-state index < -0.39 is 11.9 Å². The molecular formula is C11H13NO3. The van der Waals surface area contributed by atoms with Gasteiger partial charge in [-0.25, -0.2) is 0 Å². The molecule has 0 aliphatic carbocycles. The highest BCUT2D eigenvalue weighted by Crippen LogP contribution is 2.21. The summed E-state index contributed by atoms with van der Waals surface area (Å²) in [5, 5.41) is 9.01. The molecular weight excluding hydrogens is 194 g/mol. The molecule has 0 aliphatic rings. The molecule has 80 valence electrons. The summed E-state index contributed by atoms with van der Waals surface area (Å²) < 4.78 is 0. The summed E-state index contributed by atoms with van der Waals surface area (Å²) in [5.74, 6) is -1.42. The van der Waals surface area contributed by atoms with Crippen molar-refractivity contribution in [2.75, 3.05) is 0 Å². The third kappa shape index (κ3) is 3.50. The molecule has 1 heterocycles. The molecule has 0 fully saturated rings. The lowest BCUT2D eigenvalue weighted by molar-refractivity contribution is -0.139. The Morgan fingerprint density at radius 1 is 1.60 bits per heavy atom. The largest absolute Gasteiger partial charge is 0.481 e. The highest BCUT2D eigenvalue weighted by molar-refractivity contribution is 5.75. The minimum atomic E-state index is -0.867. The Labute approximate surface area is 88.0 Å². The number of hydrogen-bond acceptors (Lipinski definition) is 3. The fourth-order valence-electron chi connectivity index (χ4n) is 1.42. The zero-order valence-electron chi connectivity index (χ0n) is 8.30. The number of hydrogen-bond donors (Lipinski definition) is 1. The highest BCUT2D eigenvalue weighted by Gasteiger charge is 2.18. The van der Waals surface area contributed by atoms with E-state index in [1.807, 2.05) is 0 Å². The molecule has 4 nitrogen and oxygen atoms in total. The van der Waals surface area contributed by atoms with Crippen LogP contribution in [0.2, 0.25) is 0 Å². The van der Waals surface area contributed by atoms with E-state index in [2.05, 4.69) is 4.98 Å². The van der Waals surface area contributed by atoms with E-state index in [9.17, 15) is 9.59 Å². The Kier molecular flexibility index (Phi) is 4.47. The second-order valence-corrected chi connectivity index (χ2v) is 3.27. The summed E-state index contributed by atoms with van der Waals surface area (Å²) in [6, 6.07) is 3.46. The Morgan fingerprint density at radius 3 is 2.93 bits per heavy atom. The lowest BCUT2D eigenvalue weighted by Gasteiger charge is -2.10. The van der Waals surface area contributed by atoms with E-state index in [-0.39, 0.29) is 0 Å². The van der Waals surface area contributed by atoms with Gasteiger partial charge in [0.25, 0.3) is 0 Å². The van der Waals surface area contributed by atoms with Gasteiger partial charge in [0, 0.05) is 18.8 Å². The lowest BCUT2D eigenvalue weighted by Crippen LogP contribution is -2.11. The number of aromatic nitrogens is 1. The van der Waals surface area contributed by atoms with Crippen LogP contribution in [0.15, 0.2) is 24.5 Å². The van der Waals surface area contributed by atoms with E-state index in [1.165, 1.54) is 0 Å². The molecule has 0 amide bonds. The van der Waals surface area contributed by atoms with Gasteiger partial charge in [0.05, 0.1) is 5.92 Å². The molecule has 0 saturated carbocycles. The van der Waals surface area contributed by atoms with Crippen molar-refractivity contribution in [1.82, 2.24) is 4.98 Å². The van der Waals surface area contributed by atoms with Crippen molar-refractivity contribution in [3.8, 4) is 0 Å². The first kappa shape index (κ1) is 11.4. The third-order valence-corrected chi connectivity index (χ3v) is 2.20. The predicted octanol–water partition coefficient (Wildman–Crippen LogP) is 1.62. The van der Waals surface area contributed by atoms with E-state index in [1.54, 1.807) is 24.5 Å². The Morgan fingerprint density at radius 2 is 2.40 bits per heavy atom. The monoisotopic (exact) mass is 207 g/mol. The molecule has 4 heteroatoms. The molecule has 1 aromatic rings. The Hall–Kier alpha value is -1.71. The number of aliphatic carboxylic acids is 1. The second-order valence-electron chi connectivity index (χ2n) is 3.27. The number of nitrogens with zero attached hydrogens (tertiary/aromatic N) is 1. The van der Waals surface area contributed by atoms with Gasteiger partial charge in [-0.2, -0.15) is 0 Å². The first-order valence-electron chi connectivity index (χ1n) is 4.82. The van der Waals surface area contributed by atoms with E-state index in [0.29, 0.717) is 24.8 Å². The first-order valence-corrected chi connectivity index (χ1v) is 4.82. The zero-order valence-corrected chi connectivity index (χ0v) is 8.30. The molecule has 0 aliphatic heterocycles. The molecule has 0 spiro atoms. The van der Waals surface area contributed by atoms with Gasteiger partial charge < -0.3 is 9.90 Å². The smallest absolute Gasteiger partial charge is 0.311 e. The minimum Gasteiger partial charge on any atom is -0.481 e. The molecule has 1 N–H and O–H groups in total. The van der Waals surface area contributed by atoms with Gasteiger partial charge in [-0.05, 0) is 24.5 Å². The maximum absolute atomic E-state index is 11.0. The van der Waals surface area contributed by atoms with Crippen molar-refractivity contribution in [3.63, 3.8) is 0 Å². The topological polar surface area (TPSA) is 67.3 Å². The molecule has 0 bridgehead atoms. The van der Waals surface area contributed by atoms with Crippen molar-refractivity contribution in [1.29, 1.82) is 0 Å². The van der Waals surface area contributed by atoms with Crippen LogP contribution in [0, 0.1) is 0 Å². The number of carbonyl (C=O) groups is 2. The number of carboxylic acids is 1. The highest BCUT2D eigenvalue weighted by atomic mass is 16.4. The van der Waals surface area contributed by atoms with Crippen molar-refractivity contribution < 1.29 is 14.7 Å². The Bertz CT molecular complexity index is 324. The zero-order chi connectivity index (χ0) is 11.1. The van der Waals surface area contributed by atoms with Crippen molar-refractivity contribution >= 4 is 12.3 Å². The summed E-state index contributed by atoms with van der Waals surface area (Å²) in [4.78, 5) is 25.0. The number of pyridine rings is 1. The fourth-order valence-corrected chi connectivity index (χ4v) is 1.42. The summed E-state index contributed by atoms with van der Waals surface area (Å²) >= 11 is 0. The van der Waals surface area contributed by atoms with Crippen molar-refractivity contribution in [2.24, 2.45) is 0 Å². The first-order chi connectivity index (χ1) is 7.25. The van der Waals surface area contributed by atoms with E-state index in [4.69, 9.17) is 5.11 Å².